The van der Waals surface area contributed by atoms with E-state index in [1.54, 1.807) is 30.3 Å². The van der Waals surface area contributed by atoms with Crippen LogP contribution in [0.4, 0.5) is 0 Å². The van der Waals surface area contributed by atoms with Gasteiger partial charge in [0.1, 0.15) is 5.01 Å². The molecule has 1 saturated heterocycles. The van der Waals surface area contributed by atoms with E-state index in [4.69, 9.17) is 14.1 Å². The molecule has 0 atom stereocenters. The van der Waals surface area contributed by atoms with Crippen LogP contribution < -0.4 is 0 Å². The molecule has 5 nitrogen and oxygen atoms in total. The van der Waals surface area contributed by atoms with Gasteiger partial charge < -0.3 is 14.1 Å². The van der Waals surface area contributed by atoms with Crippen LogP contribution in [0, 0.1) is 0 Å². The highest BCUT2D eigenvalue weighted by molar-refractivity contribution is 7.09. The van der Waals surface area contributed by atoms with Gasteiger partial charge >= 0.3 is 0 Å². The van der Waals surface area contributed by atoms with Gasteiger partial charge in [0.05, 0.1) is 17.7 Å². The van der Waals surface area contributed by atoms with E-state index >= 15 is 0 Å². The number of hydrogen-bond donors (Lipinski definition) is 0. The Bertz CT molecular complexity index is 894. The Morgan fingerprint density at radius 2 is 1.81 bits per heavy atom. The Hall–Kier alpha value is -1.54. The highest BCUT2D eigenvalue weighted by Gasteiger charge is 2.40. The summed E-state index contributed by atoms with van der Waals surface area (Å²) in [6, 6.07) is 8.05. The molecule has 2 aromatic rings. The number of rotatable bonds is 6. The molecule has 1 amide bonds. The first-order chi connectivity index (χ1) is 14.5. The molecule has 1 aromatic heterocycles. The van der Waals surface area contributed by atoms with Gasteiger partial charge in [-0.1, -0.05) is 32.9 Å². The van der Waals surface area contributed by atoms with Crippen molar-refractivity contribution in [1.82, 2.24) is 9.88 Å². The average Bonchev–Trinajstić information content (AvgIpc) is 3.21. The van der Waals surface area contributed by atoms with E-state index in [-0.39, 0.29) is 16.4 Å². The summed E-state index contributed by atoms with van der Waals surface area (Å²) in [5.74, 6) is 0.0203. The smallest absolute Gasteiger partial charge is 0.253 e. The van der Waals surface area contributed by atoms with Gasteiger partial charge in [0, 0.05) is 38.3 Å². The molecule has 1 fully saturated rings. The number of benzene rings is 1. The van der Waals surface area contributed by atoms with Crippen LogP contribution in [0.15, 0.2) is 29.6 Å². The van der Waals surface area contributed by atoms with Crippen molar-refractivity contribution in [2.24, 2.45) is 0 Å². The van der Waals surface area contributed by atoms with Gasteiger partial charge in [-0.25, -0.2) is 4.98 Å². The molecule has 1 aliphatic heterocycles. The Kier molecular flexibility index (Phi) is 7.10. The lowest BCUT2D eigenvalue weighted by atomic mass is 9.74. The molecule has 1 aromatic carbocycles. The summed E-state index contributed by atoms with van der Waals surface area (Å²) in [6.07, 6.45) is 1.79. The van der Waals surface area contributed by atoms with E-state index in [0.29, 0.717) is 25.4 Å². The third-order valence-corrected chi connectivity index (χ3v) is 12.4. The quantitative estimate of drug-likeness (QED) is 0.537. The molecule has 0 bridgehead atoms. The molecule has 1 aliphatic rings. The van der Waals surface area contributed by atoms with Crippen LogP contribution in [0.2, 0.25) is 18.1 Å². The lowest BCUT2D eigenvalue weighted by Gasteiger charge is -2.36. The van der Waals surface area contributed by atoms with Crippen LogP contribution in [0.1, 0.15) is 60.2 Å². The Morgan fingerprint density at radius 1 is 1.19 bits per heavy atom. The van der Waals surface area contributed by atoms with Crippen molar-refractivity contribution in [2.75, 3.05) is 27.3 Å². The predicted molar refractivity (Wildman–Crippen MR) is 129 cm³/mol. The Morgan fingerprint density at radius 3 is 2.35 bits per heavy atom. The van der Waals surface area contributed by atoms with Gasteiger partial charge in [-0.15, -0.1) is 11.3 Å². The lowest BCUT2D eigenvalue weighted by Crippen LogP contribution is -2.40. The maximum absolute atomic E-state index is 12.3. The Labute approximate surface area is 191 Å². The number of hydrogen-bond acceptors (Lipinski definition) is 5. The fraction of sp³-hybridized carbons (Fsp3) is 0.583. The molecule has 0 spiro atoms. The minimum Gasteiger partial charge on any atom is -0.411 e. The first-order valence-electron chi connectivity index (χ1n) is 11.0. The van der Waals surface area contributed by atoms with Gasteiger partial charge in [-0.05, 0) is 48.7 Å². The normalized spacial score (nSPS) is 16.9. The molecule has 0 saturated carbocycles. The fourth-order valence-electron chi connectivity index (χ4n) is 3.60. The minimum atomic E-state index is -1.82. The van der Waals surface area contributed by atoms with Crippen LogP contribution in [0.5, 0.6) is 0 Å². The zero-order valence-corrected chi connectivity index (χ0v) is 21.8. The highest BCUT2D eigenvalue weighted by Crippen LogP contribution is 2.43. The molecule has 0 unspecified atom stereocenters. The van der Waals surface area contributed by atoms with Gasteiger partial charge in [-0.3, -0.25) is 4.79 Å². The molecule has 2 heterocycles. The zero-order chi connectivity index (χ0) is 22.9. The van der Waals surface area contributed by atoms with Gasteiger partial charge in [-0.2, -0.15) is 0 Å². The van der Waals surface area contributed by atoms with E-state index in [2.05, 4.69) is 51.4 Å². The number of aromatic nitrogens is 1. The minimum absolute atomic E-state index is 0.0203. The molecule has 3 rings (SSSR count). The molecule has 0 N–H and O–H groups in total. The Balaban J connectivity index is 1.86. The second kappa shape index (κ2) is 9.14. The molecular formula is C24H36N2O3SSi. The standard InChI is InChI=1S/C24H36N2O3SSi/c1-23(2,3)31(6,7)29-16-20-17-30-22(25-20)24(12-14-28-15-13-24)19-10-8-18(9-11-19)21(27)26(4)5/h8-11,17H,12-16H2,1-7H3. The van der Waals surface area contributed by atoms with Crippen molar-refractivity contribution in [3.8, 4) is 0 Å². The average molecular weight is 461 g/mol. The highest BCUT2D eigenvalue weighted by atomic mass is 32.1. The van der Waals surface area contributed by atoms with E-state index in [9.17, 15) is 4.79 Å². The van der Waals surface area contributed by atoms with Gasteiger partial charge in [0.15, 0.2) is 8.32 Å². The molecule has 31 heavy (non-hydrogen) atoms. The second-order valence-electron chi connectivity index (χ2n) is 10.2. The van der Waals surface area contributed by atoms with Crippen molar-refractivity contribution < 1.29 is 14.0 Å². The van der Waals surface area contributed by atoms with Crippen LogP contribution in [-0.2, 0) is 21.2 Å². The van der Waals surface area contributed by atoms with Crippen LogP contribution in [0.3, 0.4) is 0 Å². The maximum atomic E-state index is 12.3. The zero-order valence-electron chi connectivity index (χ0n) is 19.9. The van der Waals surface area contributed by atoms with Gasteiger partial charge in [0.2, 0.25) is 0 Å². The third kappa shape index (κ3) is 5.11. The van der Waals surface area contributed by atoms with E-state index in [1.807, 2.05) is 12.1 Å². The van der Waals surface area contributed by atoms with E-state index < -0.39 is 8.32 Å². The van der Waals surface area contributed by atoms with Crippen molar-refractivity contribution >= 4 is 25.6 Å². The largest absolute Gasteiger partial charge is 0.411 e. The molecule has 170 valence electrons. The molecular weight excluding hydrogens is 424 g/mol. The summed E-state index contributed by atoms with van der Waals surface area (Å²) in [7, 11) is 1.74. The summed E-state index contributed by atoms with van der Waals surface area (Å²) < 4.78 is 12.1. The first kappa shape index (κ1) is 24.1. The summed E-state index contributed by atoms with van der Waals surface area (Å²) in [5.41, 5.74) is 2.75. The van der Waals surface area contributed by atoms with Crippen molar-refractivity contribution in [1.29, 1.82) is 0 Å². The van der Waals surface area contributed by atoms with E-state index in [0.717, 1.165) is 23.5 Å². The van der Waals surface area contributed by atoms with Crippen molar-refractivity contribution in [2.45, 2.75) is 63.8 Å². The number of carbonyl (C=O) groups excluding carboxylic acids is 1. The summed E-state index contributed by atoms with van der Waals surface area (Å²) in [6.45, 7) is 13.3. The van der Waals surface area contributed by atoms with Crippen LogP contribution in [-0.4, -0.2) is 51.4 Å². The fourth-order valence-corrected chi connectivity index (χ4v) is 5.63. The number of ether oxygens (including phenoxy) is 1. The van der Waals surface area contributed by atoms with Gasteiger partial charge in [0.25, 0.3) is 5.91 Å². The summed E-state index contributed by atoms with van der Waals surface area (Å²) in [4.78, 5) is 18.9. The number of thiazole rings is 1. The summed E-state index contributed by atoms with van der Waals surface area (Å²) >= 11 is 1.72. The molecule has 0 radical (unpaired) electrons. The number of carbonyl (C=O) groups is 1. The van der Waals surface area contributed by atoms with Crippen molar-refractivity contribution in [3.63, 3.8) is 0 Å². The predicted octanol–water partition coefficient (Wildman–Crippen LogP) is 5.46. The SMILES string of the molecule is CN(C)C(=O)c1ccc(C2(c3nc(CO[Si](C)(C)C(C)(C)C)cs3)CCOCC2)cc1. The second-order valence-corrected chi connectivity index (χ2v) is 15.8. The third-order valence-electron chi connectivity index (χ3n) is 6.79. The van der Waals surface area contributed by atoms with Crippen LogP contribution in [0.25, 0.3) is 0 Å². The molecule has 0 aliphatic carbocycles. The number of nitrogens with zero attached hydrogens (tertiary/aromatic N) is 2. The maximum Gasteiger partial charge on any atom is 0.253 e. The topological polar surface area (TPSA) is 51.7 Å². The number of amides is 1. The van der Waals surface area contributed by atoms with Crippen LogP contribution >= 0.6 is 11.3 Å². The lowest BCUT2D eigenvalue weighted by molar-refractivity contribution is 0.0629. The van der Waals surface area contributed by atoms with Crippen molar-refractivity contribution in [3.05, 3.63) is 51.5 Å². The molecule has 7 heteroatoms. The monoisotopic (exact) mass is 460 g/mol. The summed E-state index contributed by atoms with van der Waals surface area (Å²) in [5, 5.41) is 3.44. The van der Waals surface area contributed by atoms with E-state index in [1.165, 1.54) is 5.56 Å². The first-order valence-corrected chi connectivity index (χ1v) is 14.7.